The second-order valence-electron chi connectivity index (χ2n) is 8.34. The van der Waals surface area contributed by atoms with Gasteiger partial charge in [-0.2, -0.15) is 0 Å². The molecule has 0 radical (unpaired) electrons. The van der Waals surface area contributed by atoms with Gasteiger partial charge in [-0.3, -0.25) is 14.6 Å². The van der Waals surface area contributed by atoms with E-state index < -0.39 is 0 Å². The summed E-state index contributed by atoms with van der Waals surface area (Å²) in [5.41, 5.74) is 4.36. The average molecular weight is 463 g/mol. The first-order chi connectivity index (χ1) is 16.0. The molecule has 168 valence electrons. The Hall–Kier alpha value is -3.22. The van der Waals surface area contributed by atoms with Crippen molar-refractivity contribution in [2.45, 2.75) is 6.92 Å². The molecule has 0 saturated carbocycles. The molecule has 0 atom stereocenters. The summed E-state index contributed by atoms with van der Waals surface area (Å²) in [5, 5.41) is 0.625. The fourth-order valence-electron chi connectivity index (χ4n) is 4.33. The van der Waals surface area contributed by atoms with Crippen molar-refractivity contribution in [3.05, 3.63) is 88.7 Å². The molecular weight excluding hydrogens is 439 g/mol. The lowest BCUT2D eigenvalue weighted by molar-refractivity contribution is -0.112. The number of fused-ring (bicyclic) bond motifs is 1. The Morgan fingerprint density at radius 2 is 1.64 bits per heavy atom. The van der Waals surface area contributed by atoms with Gasteiger partial charge in [-0.25, -0.2) is 9.38 Å². The maximum absolute atomic E-state index is 14.2. The van der Waals surface area contributed by atoms with Crippen molar-refractivity contribution in [1.29, 1.82) is 0 Å². The monoisotopic (exact) mass is 462 g/mol. The van der Waals surface area contributed by atoms with Crippen molar-refractivity contribution in [2.75, 3.05) is 42.6 Å². The molecule has 5 rings (SSSR count). The quantitative estimate of drug-likeness (QED) is 0.545. The lowest BCUT2D eigenvalue weighted by atomic mass is 10.1. The Labute approximate surface area is 197 Å². The molecule has 33 heavy (non-hydrogen) atoms. The highest BCUT2D eigenvalue weighted by Gasteiger charge is 2.35. The van der Waals surface area contributed by atoms with Crippen LogP contribution in [0.15, 0.2) is 71.7 Å². The van der Waals surface area contributed by atoms with Gasteiger partial charge in [0, 0.05) is 36.8 Å². The number of halogens is 2. The third-order valence-electron chi connectivity index (χ3n) is 6.20. The van der Waals surface area contributed by atoms with Crippen LogP contribution in [0.2, 0.25) is 5.02 Å². The number of carbonyl (C=O) groups is 1. The van der Waals surface area contributed by atoms with E-state index in [1.165, 1.54) is 6.07 Å². The van der Waals surface area contributed by atoms with Crippen LogP contribution >= 0.6 is 11.6 Å². The van der Waals surface area contributed by atoms with Gasteiger partial charge in [0.05, 0.1) is 23.7 Å². The average Bonchev–Trinajstić information content (AvgIpc) is 3.08. The molecule has 1 fully saturated rings. The summed E-state index contributed by atoms with van der Waals surface area (Å²) < 4.78 is 14.2. The number of aliphatic imine (C=N–C) groups is 1. The van der Waals surface area contributed by atoms with Gasteiger partial charge in [-0.15, -0.1) is 0 Å². The Balaban J connectivity index is 1.34. The Morgan fingerprint density at radius 3 is 2.36 bits per heavy atom. The van der Waals surface area contributed by atoms with Crippen LogP contribution < -0.4 is 9.80 Å². The van der Waals surface area contributed by atoms with E-state index >= 15 is 0 Å². The SMILES string of the molecule is Cc1ccc(N=C2C(=O)N(CN3CCN(c4ccccc4F)CC3)c3ccccc32)cc1Cl. The van der Waals surface area contributed by atoms with E-state index in [9.17, 15) is 9.18 Å². The molecule has 1 saturated heterocycles. The van der Waals surface area contributed by atoms with Gasteiger partial charge >= 0.3 is 0 Å². The van der Waals surface area contributed by atoms with Crippen molar-refractivity contribution in [3.63, 3.8) is 0 Å². The summed E-state index contributed by atoms with van der Waals surface area (Å²) in [5.74, 6) is -0.323. The van der Waals surface area contributed by atoms with E-state index in [1.54, 1.807) is 17.0 Å². The van der Waals surface area contributed by atoms with Gasteiger partial charge in [0.2, 0.25) is 0 Å². The standard InChI is InChI=1S/C26H24ClFN4O/c1-18-10-11-19(16-21(18)27)29-25-20-6-2-4-8-23(20)32(26(25)33)17-30-12-14-31(15-13-30)24-9-5-3-7-22(24)28/h2-11,16H,12-15,17H2,1H3. The second kappa shape index (κ2) is 8.96. The van der Waals surface area contributed by atoms with Crippen LogP contribution in [0.25, 0.3) is 0 Å². The molecule has 5 nitrogen and oxygen atoms in total. The van der Waals surface area contributed by atoms with Crippen molar-refractivity contribution in [2.24, 2.45) is 4.99 Å². The summed E-state index contributed by atoms with van der Waals surface area (Å²) in [6, 6.07) is 20.1. The third kappa shape index (κ3) is 4.24. The molecule has 2 aliphatic heterocycles. The van der Waals surface area contributed by atoms with Crippen molar-refractivity contribution in [1.82, 2.24) is 4.90 Å². The number of nitrogens with zero attached hydrogens (tertiary/aromatic N) is 4. The molecule has 0 aliphatic carbocycles. The topological polar surface area (TPSA) is 39.2 Å². The zero-order valence-corrected chi connectivity index (χ0v) is 19.1. The summed E-state index contributed by atoms with van der Waals surface area (Å²) in [7, 11) is 0. The number of rotatable bonds is 4. The minimum Gasteiger partial charge on any atom is -0.367 e. The number of carbonyl (C=O) groups excluding carboxylic acids is 1. The third-order valence-corrected chi connectivity index (χ3v) is 6.61. The molecule has 0 bridgehead atoms. The zero-order valence-electron chi connectivity index (χ0n) is 18.3. The molecule has 3 aromatic carbocycles. The molecule has 3 aromatic rings. The number of amides is 1. The minimum atomic E-state index is -0.202. The van der Waals surface area contributed by atoms with Gasteiger partial charge in [0.1, 0.15) is 11.5 Å². The van der Waals surface area contributed by atoms with E-state index in [0.29, 0.717) is 41.9 Å². The van der Waals surface area contributed by atoms with Crippen molar-refractivity contribution < 1.29 is 9.18 Å². The van der Waals surface area contributed by atoms with Crippen LogP contribution in [0.1, 0.15) is 11.1 Å². The maximum atomic E-state index is 14.2. The number of piperazine rings is 1. The first-order valence-corrected chi connectivity index (χ1v) is 11.4. The maximum Gasteiger partial charge on any atom is 0.278 e. The van der Waals surface area contributed by atoms with E-state index in [0.717, 1.165) is 29.9 Å². The van der Waals surface area contributed by atoms with Crippen molar-refractivity contribution in [3.8, 4) is 0 Å². The van der Waals surface area contributed by atoms with E-state index in [1.807, 2.05) is 55.5 Å². The summed E-state index contributed by atoms with van der Waals surface area (Å²) in [6.07, 6.45) is 0. The van der Waals surface area contributed by atoms with Gasteiger partial charge in [-0.1, -0.05) is 48.0 Å². The van der Waals surface area contributed by atoms with Crippen LogP contribution in [0.3, 0.4) is 0 Å². The van der Waals surface area contributed by atoms with E-state index in [-0.39, 0.29) is 11.7 Å². The molecule has 2 heterocycles. The number of hydrogen-bond donors (Lipinski definition) is 0. The first-order valence-electron chi connectivity index (χ1n) is 11.0. The van der Waals surface area contributed by atoms with Gasteiger partial charge in [0.25, 0.3) is 5.91 Å². The Kier molecular flexibility index (Phi) is 5.87. The zero-order chi connectivity index (χ0) is 22.9. The summed E-state index contributed by atoms with van der Waals surface area (Å²) >= 11 is 6.26. The minimum absolute atomic E-state index is 0.121. The first kappa shape index (κ1) is 21.6. The van der Waals surface area contributed by atoms with Crippen LogP contribution in [0.5, 0.6) is 0 Å². The molecule has 0 spiro atoms. The predicted molar refractivity (Wildman–Crippen MR) is 131 cm³/mol. The molecule has 1 amide bonds. The highest BCUT2D eigenvalue weighted by atomic mass is 35.5. The number of anilines is 2. The van der Waals surface area contributed by atoms with Gasteiger partial charge in [0.15, 0.2) is 0 Å². The van der Waals surface area contributed by atoms with Crippen LogP contribution in [-0.2, 0) is 4.79 Å². The van der Waals surface area contributed by atoms with Crippen molar-refractivity contribution >= 4 is 40.3 Å². The number of benzene rings is 3. The predicted octanol–water partition coefficient (Wildman–Crippen LogP) is 5.03. The lowest BCUT2D eigenvalue weighted by Crippen LogP contribution is -2.51. The Morgan fingerprint density at radius 1 is 0.939 bits per heavy atom. The molecule has 0 N–H and O–H groups in total. The normalized spacial score (nSPS) is 17.7. The second-order valence-corrected chi connectivity index (χ2v) is 8.75. The smallest absolute Gasteiger partial charge is 0.278 e. The van der Waals surface area contributed by atoms with Gasteiger partial charge in [-0.05, 0) is 42.8 Å². The molecule has 2 aliphatic rings. The fourth-order valence-corrected chi connectivity index (χ4v) is 4.50. The highest BCUT2D eigenvalue weighted by molar-refractivity contribution is 6.54. The van der Waals surface area contributed by atoms with Crippen LogP contribution in [-0.4, -0.2) is 49.4 Å². The molecular formula is C26H24ClFN4O. The largest absolute Gasteiger partial charge is 0.367 e. The number of para-hydroxylation sites is 2. The molecule has 0 aromatic heterocycles. The summed E-state index contributed by atoms with van der Waals surface area (Å²) in [4.78, 5) is 24.1. The molecule has 7 heteroatoms. The van der Waals surface area contributed by atoms with E-state index in [4.69, 9.17) is 11.6 Å². The summed E-state index contributed by atoms with van der Waals surface area (Å²) in [6.45, 7) is 5.28. The number of hydrogen-bond acceptors (Lipinski definition) is 4. The number of aryl methyl sites for hydroxylation is 1. The Bertz CT molecular complexity index is 1240. The van der Waals surface area contributed by atoms with Crippen LogP contribution in [0, 0.1) is 12.7 Å². The highest BCUT2D eigenvalue weighted by Crippen LogP contribution is 2.32. The fraction of sp³-hybridized carbons (Fsp3) is 0.231. The van der Waals surface area contributed by atoms with Crippen LogP contribution in [0.4, 0.5) is 21.5 Å². The lowest BCUT2D eigenvalue weighted by Gasteiger charge is -2.37. The van der Waals surface area contributed by atoms with E-state index in [2.05, 4.69) is 14.8 Å². The van der Waals surface area contributed by atoms with Gasteiger partial charge < -0.3 is 4.90 Å². The molecule has 0 unspecified atom stereocenters.